The van der Waals surface area contributed by atoms with Gasteiger partial charge in [-0.15, -0.1) is 0 Å². The molecule has 0 aromatic rings. The number of allylic oxidation sites excluding steroid dienone is 2. The highest BCUT2D eigenvalue weighted by atomic mass is 16.5. The molecule has 2 saturated carbocycles. The molecule has 3 heteroatoms. The van der Waals surface area contributed by atoms with Crippen LogP contribution in [0.4, 0.5) is 0 Å². The van der Waals surface area contributed by atoms with E-state index in [0.717, 1.165) is 38.5 Å². The van der Waals surface area contributed by atoms with Crippen molar-refractivity contribution in [1.82, 2.24) is 0 Å². The Morgan fingerprint density at radius 3 is 2.55 bits per heavy atom. The fraction of sp³-hybridized carbons (Fsp3) is 0.789. The zero-order valence-corrected chi connectivity index (χ0v) is 14.3. The highest BCUT2D eigenvalue weighted by Crippen LogP contribution is 2.48. The molecule has 0 amide bonds. The zero-order valence-electron chi connectivity index (χ0n) is 14.3. The lowest BCUT2D eigenvalue weighted by molar-refractivity contribution is -0.156. The molecule has 0 aromatic heterocycles. The number of ketones is 1. The number of esters is 1. The van der Waals surface area contributed by atoms with Gasteiger partial charge >= 0.3 is 5.97 Å². The number of fused-ring (bicyclic) bond motifs is 2. The first-order valence-electron chi connectivity index (χ1n) is 8.81. The Labute approximate surface area is 134 Å². The Morgan fingerprint density at radius 1 is 1.18 bits per heavy atom. The van der Waals surface area contributed by atoms with Crippen LogP contribution in [0, 0.1) is 23.7 Å². The lowest BCUT2D eigenvalue weighted by Crippen LogP contribution is -2.29. The SMILES string of the molecule is CC(C)=CCCC(C)CCOC(=O)C(=O)C1CC2CCC1C2. The maximum absolute atomic E-state index is 12.2. The number of hydrogen-bond acceptors (Lipinski definition) is 3. The van der Waals surface area contributed by atoms with Crippen molar-refractivity contribution in [2.24, 2.45) is 23.7 Å². The normalized spacial score (nSPS) is 27.5. The smallest absolute Gasteiger partial charge is 0.374 e. The van der Waals surface area contributed by atoms with Crippen LogP contribution in [0.3, 0.4) is 0 Å². The van der Waals surface area contributed by atoms with Crippen molar-refractivity contribution in [2.45, 2.75) is 65.7 Å². The van der Waals surface area contributed by atoms with Crippen LogP contribution in [0.2, 0.25) is 0 Å². The van der Waals surface area contributed by atoms with Gasteiger partial charge in [0.25, 0.3) is 0 Å². The van der Waals surface area contributed by atoms with Crippen molar-refractivity contribution in [3.05, 3.63) is 11.6 Å². The average Bonchev–Trinajstić information content (AvgIpc) is 3.08. The zero-order chi connectivity index (χ0) is 16.1. The first-order valence-corrected chi connectivity index (χ1v) is 8.81. The summed E-state index contributed by atoms with van der Waals surface area (Å²) in [4.78, 5) is 24.1. The lowest BCUT2D eigenvalue weighted by Gasteiger charge is -2.19. The molecular weight excluding hydrogens is 276 g/mol. The summed E-state index contributed by atoms with van der Waals surface area (Å²) in [6.07, 6.45) is 9.67. The quantitative estimate of drug-likeness (QED) is 0.381. The van der Waals surface area contributed by atoms with Gasteiger partial charge in [-0.2, -0.15) is 0 Å². The van der Waals surface area contributed by atoms with E-state index in [4.69, 9.17) is 4.74 Å². The molecule has 0 aromatic carbocycles. The number of ether oxygens (including phenoxy) is 1. The Morgan fingerprint density at radius 2 is 1.95 bits per heavy atom. The van der Waals surface area contributed by atoms with Crippen LogP contribution in [-0.2, 0) is 14.3 Å². The molecule has 3 nitrogen and oxygen atoms in total. The molecule has 124 valence electrons. The summed E-state index contributed by atoms with van der Waals surface area (Å²) in [5.74, 6) is 0.760. The molecule has 4 unspecified atom stereocenters. The van der Waals surface area contributed by atoms with Gasteiger partial charge in [-0.05, 0) is 70.1 Å². The van der Waals surface area contributed by atoms with Crippen LogP contribution in [0.5, 0.6) is 0 Å². The second kappa shape index (κ2) is 7.94. The molecule has 22 heavy (non-hydrogen) atoms. The van der Waals surface area contributed by atoms with Crippen LogP contribution in [0.1, 0.15) is 65.7 Å². The summed E-state index contributed by atoms with van der Waals surface area (Å²) >= 11 is 0. The largest absolute Gasteiger partial charge is 0.460 e. The molecule has 2 aliphatic rings. The van der Waals surface area contributed by atoms with Crippen LogP contribution in [0.25, 0.3) is 0 Å². The molecule has 0 heterocycles. The third-order valence-electron chi connectivity index (χ3n) is 5.33. The van der Waals surface area contributed by atoms with Gasteiger partial charge in [-0.25, -0.2) is 4.79 Å². The third kappa shape index (κ3) is 4.69. The van der Waals surface area contributed by atoms with Gasteiger partial charge in [0.05, 0.1) is 6.61 Å². The van der Waals surface area contributed by atoms with E-state index in [9.17, 15) is 9.59 Å². The summed E-state index contributed by atoms with van der Waals surface area (Å²) in [6, 6.07) is 0. The Kier molecular flexibility index (Phi) is 6.22. The minimum absolute atomic E-state index is 0.0404. The highest BCUT2D eigenvalue weighted by Gasteiger charge is 2.45. The predicted molar refractivity (Wildman–Crippen MR) is 87.4 cm³/mol. The number of rotatable bonds is 8. The van der Waals surface area contributed by atoms with E-state index in [2.05, 4.69) is 26.8 Å². The van der Waals surface area contributed by atoms with Gasteiger partial charge < -0.3 is 4.74 Å². The van der Waals surface area contributed by atoms with Crippen molar-refractivity contribution in [3.8, 4) is 0 Å². The van der Waals surface area contributed by atoms with Gasteiger partial charge in [0.1, 0.15) is 0 Å². The molecule has 2 fully saturated rings. The van der Waals surface area contributed by atoms with Gasteiger partial charge in [0, 0.05) is 5.92 Å². The van der Waals surface area contributed by atoms with Crippen LogP contribution in [0.15, 0.2) is 11.6 Å². The van der Waals surface area contributed by atoms with Gasteiger partial charge in [0.15, 0.2) is 0 Å². The first-order chi connectivity index (χ1) is 10.5. The van der Waals surface area contributed by atoms with E-state index in [0.29, 0.717) is 24.4 Å². The predicted octanol–water partition coefficient (Wildman–Crippen LogP) is 4.31. The molecule has 0 radical (unpaired) electrons. The number of Topliss-reactive ketones (excluding diaryl/α,β-unsaturated/α-hetero) is 1. The maximum atomic E-state index is 12.2. The number of hydrogen-bond donors (Lipinski definition) is 0. The molecule has 2 bridgehead atoms. The lowest BCUT2D eigenvalue weighted by atomic mass is 9.86. The monoisotopic (exact) mass is 306 g/mol. The molecule has 2 rings (SSSR count). The summed E-state index contributed by atoms with van der Waals surface area (Å²) in [7, 11) is 0. The molecule has 2 aliphatic carbocycles. The summed E-state index contributed by atoms with van der Waals surface area (Å²) in [5, 5.41) is 0. The van der Waals surface area contributed by atoms with Crippen LogP contribution < -0.4 is 0 Å². The van der Waals surface area contributed by atoms with Gasteiger partial charge in [-0.1, -0.05) is 25.0 Å². The second-order valence-corrected chi connectivity index (χ2v) is 7.53. The Balaban J connectivity index is 1.63. The maximum Gasteiger partial charge on any atom is 0.374 e. The van der Waals surface area contributed by atoms with Crippen molar-refractivity contribution in [1.29, 1.82) is 0 Å². The minimum atomic E-state index is -0.589. The van der Waals surface area contributed by atoms with E-state index in [1.54, 1.807) is 0 Å². The molecule has 0 spiro atoms. The topological polar surface area (TPSA) is 43.4 Å². The van der Waals surface area contributed by atoms with E-state index in [1.165, 1.54) is 12.0 Å². The summed E-state index contributed by atoms with van der Waals surface area (Å²) in [6.45, 7) is 6.76. The molecular formula is C19H30O3. The Hall–Kier alpha value is -1.12. The van der Waals surface area contributed by atoms with Crippen molar-refractivity contribution < 1.29 is 14.3 Å². The van der Waals surface area contributed by atoms with Crippen molar-refractivity contribution in [2.75, 3.05) is 6.61 Å². The molecule has 0 aliphatic heterocycles. The van der Waals surface area contributed by atoms with Crippen LogP contribution >= 0.6 is 0 Å². The number of carbonyl (C=O) groups excluding carboxylic acids is 2. The highest BCUT2D eigenvalue weighted by molar-refractivity contribution is 6.34. The second-order valence-electron chi connectivity index (χ2n) is 7.53. The van der Waals surface area contributed by atoms with Crippen molar-refractivity contribution in [3.63, 3.8) is 0 Å². The Bertz CT molecular complexity index is 434. The fourth-order valence-electron chi connectivity index (χ4n) is 3.94. The average molecular weight is 306 g/mol. The van der Waals surface area contributed by atoms with Gasteiger partial charge in [-0.3, -0.25) is 4.79 Å². The van der Waals surface area contributed by atoms with E-state index < -0.39 is 5.97 Å². The van der Waals surface area contributed by atoms with Gasteiger partial charge in [0.2, 0.25) is 5.78 Å². The third-order valence-corrected chi connectivity index (χ3v) is 5.33. The van der Waals surface area contributed by atoms with E-state index in [1.807, 2.05) is 0 Å². The summed E-state index contributed by atoms with van der Waals surface area (Å²) < 4.78 is 5.22. The summed E-state index contributed by atoms with van der Waals surface area (Å²) in [5.41, 5.74) is 1.34. The molecule has 0 saturated heterocycles. The van der Waals surface area contributed by atoms with E-state index in [-0.39, 0.29) is 11.7 Å². The molecule has 4 atom stereocenters. The number of carbonyl (C=O) groups is 2. The van der Waals surface area contributed by atoms with E-state index >= 15 is 0 Å². The standard InChI is InChI=1S/C19H30O3/c1-13(2)5-4-6-14(3)9-10-22-19(21)18(20)17-12-15-7-8-16(17)11-15/h5,14-17H,4,6-12H2,1-3H3. The fourth-order valence-corrected chi connectivity index (χ4v) is 3.94. The minimum Gasteiger partial charge on any atom is -0.460 e. The first kappa shape index (κ1) is 17.2. The van der Waals surface area contributed by atoms with Crippen molar-refractivity contribution >= 4 is 11.8 Å². The molecule has 0 N–H and O–H groups in total. The van der Waals surface area contributed by atoms with Crippen LogP contribution in [-0.4, -0.2) is 18.4 Å².